The lowest BCUT2D eigenvalue weighted by molar-refractivity contribution is -0.171. The van der Waals surface area contributed by atoms with Crippen LogP contribution in [0.2, 0.25) is 0 Å². The van der Waals surface area contributed by atoms with Gasteiger partial charge >= 0.3 is 5.97 Å². The predicted octanol–water partition coefficient (Wildman–Crippen LogP) is 2.06. The van der Waals surface area contributed by atoms with Crippen molar-refractivity contribution >= 4 is 33.2 Å². The Morgan fingerprint density at radius 2 is 2.26 bits per heavy atom. The molecule has 1 aromatic rings. The van der Waals surface area contributed by atoms with E-state index < -0.39 is 11.2 Å². The molecule has 5 nitrogen and oxygen atoms in total. The fourth-order valence-electron chi connectivity index (χ4n) is 1.70. The van der Waals surface area contributed by atoms with Crippen molar-refractivity contribution in [3.63, 3.8) is 0 Å². The molecule has 0 amide bonds. The number of nitrogens with zero attached hydrogens (tertiary/aromatic N) is 1. The van der Waals surface area contributed by atoms with E-state index in [1.807, 2.05) is 26.2 Å². The van der Waals surface area contributed by atoms with Crippen LogP contribution in [-0.4, -0.2) is 36.3 Å². The Kier molecular flexibility index (Phi) is 4.29. The van der Waals surface area contributed by atoms with Gasteiger partial charge in [0.25, 0.3) is 0 Å². The molecule has 0 radical (unpaired) electrons. The number of carbonyl (C=O) groups excluding carboxylic acids is 1. The number of aromatic nitrogens is 1. The Hall–Kier alpha value is -0.500. The second-order valence-electron chi connectivity index (χ2n) is 5.45. The molecule has 0 bridgehead atoms. The summed E-state index contributed by atoms with van der Waals surface area (Å²) in [6, 6.07) is 0. The van der Waals surface area contributed by atoms with Gasteiger partial charge in [-0.2, -0.15) is 0 Å². The summed E-state index contributed by atoms with van der Waals surface area (Å²) < 4.78 is 11.8. The van der Waals surface area contributed by atoms with E-state index in [4.69, 9.17) is 9.47 Å². The Morgan fingerprint density at radius 3 is 2.68 bits per heavy atom. The zero-order valence-electron chi connectivity index (χ0n) is 11.2. The fourth-order valence-corrected chi connectivity index (χ4v) is 3.10. The van der Waals surface area contributed by atoms with E-state index >= 15 is 0 Å². The van der Waals surface area contributed by atoms with E-state index in [2.05, 4.69) is 26.2 Å². The maximum Gasteiger partial charge on any atom is 0.332 e. The number of carbonyl (C=O) groups is 1. The monoisotopic (exact) mass is 348 g/mol. The minimum atomic E-state index is -0.492. The number of hydrogen-bond donors (Lipinski definition) is 1. The molecule has 1 fully saturated rings. The number of halogens is 1. The molecule has 0 spiro atoms. The molecule has 2 heterocycles. The number of hydrogen-bond acceptors (Lipinski definition) is 6. The van der Waals surface area contributed by atoms with Gasteiger partial charge in [-0.3, -0.25) is 0 Å². The molecule has 0 saturated carbocycles. The molecule has 19 heavy (non-hydrogen) atoms. The normalized spacial score (nSPS) is 17.9. The number of thiazole rings is 1. The van der Waals surface area contributed by atoms with Gasteiger partial charge in [-0.1, -0.05) is 0 Å². The first-order valence-corrected chi connectivity index (χ1v) is 7.66. The molecule has 0 unspecified atom stereocenters. The van der Waals surface area contributed by atoms with Crippen molar-refractivity contribution in [3.05, 3.63) is 15.0 Å². The summed E-state index contributed by atoms with van der Waals surface area (Å²) in [5.41, 5.74) is -0.983. The second kappa shape index (κ2) is 5.47. The van der Waals surface area contributed by atoms with Gasteiger partial charge in [0.2, 0.25) is 0 Å². The quantitative estimate of drug-likeness (QED) is 0.844. The van der Waals surface area contributed by atoms with E-state index in [-0.39, 0.29) is 12.6 Å². The van der Waals surface area contributed by atoms with Crippen molar-refractivity contribution in [2.75, 3.05) is 19.7 Å². The van der Waals surface area contributed by atoms with E-state index in [1.54, 1.807) is 0 Å². The van der Waals surface area contributed by atoms with E-state index in [1.165, 1.54) is 11.3 Å². The summed E-state index contributed by atoms with van der Waals surface area (Å²) in [4.78, 5) is 16.1. The molecule has 0 atom stereocenters. The highest BCUT2D eigenvalue weighted by molar-refractivity contribution is 9.10. The second-order valence-corrected chi connectivity index (χ2v) is 7.12. The summed E-state index contributed by atoms with van der Waals surface area (Å²) in [5, 5.41) is 5.94. The fraction of sp³-hybridized carbons (Fsp3) is 0.667. The molecule has 106 valence electrons. The van der Waals surface area contributed by atoms with Crippen LogP contribution in [0, 0.1) is 0 Å². The Labute approximate surface area is 124 Å². The molecule has 1 aliphatic rings. The van der Waals surface area contributed by atoms with Crippen LogP contribution >= 0.6 is 27.3 Å². The molecular formula is C12H17BrN2O3S. The number of ether oxygens (including phenoxy) is 2. The molecule has 1 aromatic heterocycles. The van der Waals surface area contributed by atoms with Crippen molar-refractivity contribution in [3.8, 4) is 0 Å². The molecule has 1 aliphatic heterocycles. The van der Waals surface area contributed by atoms with Crippen LogP contribution < -0.4 is 5.32 Å². The Morgan fingerprint density at radius 1 is 1.58 bits per heavy atom. The number of rotatable bonds is 4. The molecular weight excluding hydrogens is 332 g/mol. The maximum absolute atomic E-state index is 11.7. The zero-order chi connectivity index (χ0) is 14.1. The van der Waals surface area contributed by atoms with Gasteiger partial charge in [0.05, 0.1) is 0 Å². The van der Waals surface area contributed by atoms with Gasteiger partial charge in [0, 0.05) is 18.5 Å². The average Bonchev–Trinajstić information content (AvgIpc) is 2.61. The van der Waals surface area contributed by atoms with Crippen molar-refractivity contribution < 1.29 is 14.3 Å². The molecule has 1 N–H and O–H groups in total. The van der Waals surface area contributed by atoms with Gasteiger partial charge in [0.15, 0.2) is 0 Å². The van der Waals surface area contributed by atoms with Crippen molar-refractivity contribution in [1.29, 1.82) is 0 Å². The van der Waals surface area contributed by atoms with Gasteiger partial charge in [-0.25, -0.2) is 9.78 Å². The first-order chi connectivity index (χ1) is 8.81. The standard InChI is InChI=1S/C12H17BrN2O3S/c1-11(2,3)18-9(16)4-17-12(6-14-7-12)10-15-8(13)5-19-10/h5,14H,4,6-7H2,1-3H3. The van der Waals surface area contributed by atoms with Gasteiger partial charge in [-0.05, 0) is 36.7 Å². The first-order valence-electron chi connectivity index (χ1n) is 5.99. The lowest BCUT2D eigenvalue weighted by Gasteiger charge is -2.40. The first kappa shape index (κ1) is 14.9. The SMILES string of the molecule is CC(C)(C)OC(=O)COC1(c2nc(Br)cs2)CNC1. The van der Waals surface area contributed by atoms with Crippen LogP contribution in [0.3, 0.4) is 0 Å². The van der Waals surface area contributed by atoms with E-state index in [0.29, 0.717) is 13.1 Å². The number of esters is 1. The van der Waals surface area contributed by atoms with Gasteiger partial charge < -0.3 is 14.8 Å². The lowest BCUT2D eigenvalue weighted by atomic mass is 9.98. The van der Waals surface area contributed by atoms with Gasteiger partial charge in [0.1, 0.15) is 27.4 Å². The third-order valence-electron chi connectivity index (χ3n) is 2.57. The van der Waals surface area contributed by atoms with Crippen LogP contribution in [0.4, 0.5) is 0 Å². The third kappa shape index (κ3) is 3.75. The summed E-state index contributed by atoms with van der Waals surface area (Å²) in [7, 11) is 0. The van der Waals surface area contributed by atoms with Crippen LogP contribution in [0.25, 0.3) is 0 Å². The Bertz CT molecular complexity index is 466. The molecule has 2 rings (SSSR count). The largest absolute Gasteiger partial charge is 0.458 e. The summed E-state index contributed by atoms with van der Waals surface area (Å²) in [6.07, 6.45) is 0. The summed E-state index contributed by atoms with van der Waals surface area (Å²) in [5.74, 6) is -0.352. The minimum absolute atomic E-state index is 0.0594. The molecule has 1 saturated heterocycles. The maximum atomic E-state index is 11.7. The lowest BCUT2D eigenvalue weighted by Crippen LogP contribution is -2.59. The number of nitrogens with one attached hydrogen (secondary N) is 1. The molecule has 0 aromatic carbocycles. The highest BCUT2D eigenvalue weighted by atomic mass is 79.9. The third-order valence-corrected chi connectivity index (χ3v) is 4.31. The van der Waals surface area contributed by atoms with E-state index in [0.717, 1.165) is 9.61 Å². The predicted molar refractivity (Wildman–Crippen MR) is 76.2 cm³/mol. The topological polar surface area (TPSA) is 60.5 Å². The van der Waals surface area contributed by atoms with Crippen LogP contribution in [-0.2, 0) is 19.9 Å². The van der Waals surface area contributed by atoms with E-state index in [9.17, 15) is 4.79 Å². The Balaban J connectivity index is 1.95. The minimum Gasteiger partial charge on any atom is -0.458 e. The molecule has 7 heteroatoms. The highest BCUT2D eigenvalue weighted by Crippen LogP contribution is 2.33. The van der Waals surface area contributed by atoms with Crippen LogP contribution in [0.1, 0.15) is 25.8 Å². The van der Waals surface area contributed by atoms with Crippen LogP contribution in [0.5, 0.6) is 0 Å². The zero-order valence-corrected chi connectivity index (χ0v) is 13.6. The van der Waals surface area contributed by atoms with Crippen LogP contribution in [0.15, 0.2) is 9.98 Å². The van der Waals surface area contributed by atoms with Crippen molar-refractivity contribution in [2.45, 2.75) is 32.0 Å². The average molecular weight is 349 g/mol. The van der Waals surface area contributed by atoms with Gasteiger partial charge in [-0.15, -0.1) is 11.3 Å². The summed E-state index contributed by atoms with van der Waals surface area (Å²) in [6.45, 7) is 6.78. The molecule has 0 aliphatic carbocycles. The van der Waals surface area contributed by atoms with Crippen molar-refractivity contribution in [2.24, 2.45) is 0 Å². The smallest absolute Gasteiger partial charge is 0.332 e. The van der Waals surface area contributed by atoms with Crippen molar-refractivity contribution in [1.82, 2.24) is 10.3 Å². The summed E-state index contributed by atoms with van der Waals surface area (Å²) >= 11 is 4.85. The highest BCUT2D eigenvalue weighted by Gasteiger charge is 2.43.